The fraction of sp³-hybridized carbons (Fsp3) is 0.400. The smallest absolute Gasteiger partial charge is 0.164 e. The topological polar surface area (TPSA) is 57.2 Å². The summed E-state index contributed by atoms with van der Waals surface area (Å²) in [6, 6.07) is 9.30. The van der Waals surface area contributed by atoms with Gasteiger partial charge in [0.2, 0.25) is 0 Å². The molecule has 132 valence electrons. The van der Waals surface area contributed by atoms with Gasteiger partial charge in [-0.05, 0) is 24.1 Å². The molecule has 0 aliphatic carbocycles. The Morgan fingerprint density at radius 1 is 1.16 bits per heavy atom. The number of hydrogen-bond acceptors (Lipinski definition) is 5. The Morgan fingerprint density at radius 3 is 2.76 bits per heavy atom. The molecular weight excluding hydrogens is 320 g/mol. The van der Waals surface area contributed by atoms with Crippen LogP contribution in [0.15, 0.2) is 30.3 Å². The van der Waals surface area contributed by atoms with Crippen molar-refractivity contribution in [1.82, 2.24) is 0 Å². The minimum absolute atomic E-state index is 0.0564. The highest BCUT2D eigenvalue weighted by Gasteiger charge is 2.41. The van der Waals surface area contributed by atoms with E-state index in [1.165, 1.54) is 0 Å². The SMILES string of the molecule is COc1ccc2c(c1)OC[C@@H]1c3cc(O)c(OCC(C)C)cc3O[C@H]21. The predicted octanol–water partition coefficient (Wildman–Crippen LogP) is 4.05. The fourth-order valence-corrected chi connectivity index (χ4v) is 3.35. The molecule has 0 radical (unpaired) electrons. The molecule has 0 aromatic heterocycles. The Kier molecular flexibility index (Phi) is 3.86. The van der Waals surface area contributed by atoms with Crippen LogP contribution in [0.4, 0.5) is 0 Å². The van der Waals surface area contributed by atoms with Gasteiger partial charge in [-0.3, -0.25) is 0 Å². The summed E-state index contributed by atoms with van der Waals surface area (Å²) in [5.41, 5.74) is 1.96. The number of phenolic OH excluding ortho intramolecular Hbond substituents is 1. The van der Waals surface area contributed by atoms with Crippen LogP contribution < -0.4 is 18.9 Å². The molecule has 0 spiro atoms. The maximum Gasteiger partial charge on any atom is 0.164 e. The summed E-state index contributed by atoms with van der Waals surface area (Å²) >= 11 is 0. The van der Waals surface area contributed by atoms with Crippen LogP contribution in [0.25, 0.3) is 0 Å². The molecule has 0 bridgehead atoms. The molecule has 2 heterocycles. The number of hydrogen-bond donors (Lipinski definition) is 1. The number of ether oxygens (including phenoxy) is 4. The number of phenols is 1. The first-order valence-corrected chi connectivity index (χ1v) is 8.54. The van der Waals surface area contributed by atoms with Crippen molar-refractivity contribution in [2.45, 2.75) is 25.9 Å². The molecule has 2 aromatic rings. The van der Waals surface area contributed by atoms with Crippen LogP contribution in [0, 0.1) is 5.92 Å². The van der Waals surface area contributed by atoms with Gasteiger partial charge in [0.05, 0.1) is 26.2 Å². The fourth-order valence-electron chi connectivity index (χ4n) is 3.35. The van der Waals surface area contributed by atoms with Gasteiger partial charge in [0, 0.05) is 23.3 Å². The highest BCUT2D eigenvalue weighted by Crippen LogP contribution is 2.53. The maximum absolute atomic E-state index is 10.3. The third kappa shape index (κ3) is 2.73. The Bertz CT molecular complexity index is 799. The molecule has 5 nitrogen and oxygen atoms in total. The van der Waals surface area contributed by atoms with Crippen molar-refractivity contribution in [3.05, 3.63) is 41.5 Å². The normalized spacial score (nSPS) is 20.2. The Morgan fingerprint density at radius 2 is 2.00 bits per heavy atom. The van der Waals surface area contributed by atoms with Crippen LogP contribution in [0.1, 0.15) is 37.0 Å². The number of rotatable bonds is 4. The molecule has 0 unspecified atom stereocenters. The summed E-state index contributed by atoms with van der Waals surface area (Å²) in [5.74, 6) is 3.33. The van der Waals surface area contributed by atoms with Gasteiger partial charge in [0.15, 0.2) is 11.5 Å². The summed E-state index contributed by atoms with van der Waals surface area (Å²) in [5, 5.41) is 10.3. The van der Waals surface area contributed by atoms with Gasteiger partial charge in [-0.15, -0.1) is 0 Å². The first-order chi connectivity index (χ1) is 12.1. The molecule has 1 N–H and O–H groups in total. The minimum Gasteiger partial charge on any atom is -0.504 e. The molecule has 0 saturated carbocycles. The number of methoxy groups -OCH3 is 1. The van der Waals surface area contributed by atoms with Crippen molar-refractivity contribution in [3.63, 3.8) is 0 Å². The number of benzene rings is 2. The van der Waals surface area contributed by atoms with Crippen molar-refractivity contribution in [1.29, 1.82) is 0 Å². The van der Waals surface area contributed by atoms with Crippen LogP contribution >= 0.6 is 0 Å². The summed E-state index contributed by atoms with van der Waals surface area (Å²) in [4.78, 5) is 0. The quantitative estimate of drug-likeness (QED) is 0.908. The van der Waals surface area contributed by atoms with E-state index in [1.807, 2.05) is 18.2 Å². The Balaban J connectivity index is 1.65. The lowest BCUT2D eigenvalue weighted by Gasteiger charge is -2.28. The number of fused-ring (bicyclic) bond motifs is 5. The second kappa shape index (κ2) is 6.06. The molecule has 2 aliphatic rings. The zero-order valence-corrected chi connectivity index (χ0v) is 14.6. The van der Waals surface area contributed by atoms with Crippen molar-refractivity contribution >= 4 is 0 Å². The van der Waals surface area contributed by atoms with Gasteiger partial charge in [-0.2, -0.15) is 0 Å². The van der Waals surface area contributed by atoms with Gasteiger partial charge in [-0.1, -0.05) is 13.8 Å². The maximum atomic E-state index is 10.3. The van der Waals surface area contributed by atoms with E-state index in [0.29, 0.717) is 24.9 Å². The Labute approximate surface area is 147 Å². The van der Waals surface area contributed by atoms with Gasteiger partial charge in [-0.25, -0.2) is 0 Å². The summed E-state index contributed by atoms with van der Waals surface area (Å²) < 4.78 is 23.1. The first-order valence-electron chi connectivity index (χ1n) is 8.54. The molecular formula is C20H22O5. The third-order valence-electron chi connectivity index (χ3n) is 4.63. The van der Waals surface area contributed by atoms with E-state index in [9.17, 15) is 5.11 Å². The molecule has 5 heteroatoms. The molecule has 0 fully saturated rings. The van der Waals surface area contributed by atoms with E-state index in [0.717, 1.165) is 28.4 Å². The van der Waals surface area contributed by atoms with E-state index < -0.39 is 0 Å². The summed E-state index contributed by atoms with van der Waals surface area (Å²) in [6.07, 6.45) is -0.121. The standard InChI is InChI=1S/C20H22O5/c1-11(2)9-23-19-8-18-14(7-16(19)21)15-10-24-17-6-12(22-3)4-5-13(17)20(15)25-18/h4-8,11,15,20-21H,9-10H2,1-3H3/t15-,20-/m1/s1. The van der Waals surface area contributed by atoms with Crippen LogP contribution in [-0.4, -0.2) is 25.4 Å². The number of aromatic hydroxyl groups is 1. The molecule has 2 atom stereocenters. The molecule has 25 heavy (non-hydrogen) atoms. The van der Waals surface area contributed by atoms with Crippen LogP contribution in [0.2, 0.25) is 0 Å². The van der Waals surface area contributed by atoms with Crippen molar-refractivity contribution in [3.8, 4) is 28.7 Å². The van der Waals surface area contributed by atoms with Gasteiger partial charge >= 0.3 is 0 Å². The monoisotopic (exact) mass is 342 g/mol. The highest BCUT2D eigenvalue weighted by atomic mass is 16.5. The molecule has 0 saturated heterocycles. The van der Waals surface area contributed by atoms with Gasteiger partial charge in [0.25, 0.3) is 0 Å². The lowest BCUT2D eigenvalue weighted by Crippen LogP contribution is -2.23. The van der Waals surface area contributed by atoms with Crippen molar-refractivity contribution in [2.75, 3.05) is 20.3 Å². The van der Waals surface area contributed by atoms with Crippen LogP contribution in [0.3, 0.4) is 0 Å². The van der Waals surface area contributed by atoms with E-state index in [2.05, 4.69) is 13.8 Å². The minimum atomic E-state index is -0.121. The van der Waals surface area contributed by atoms with Gasteiger partial charge < -0.3 is 24.1 Å². The highest BCUT2D eigenvalue weighted by molar-refractivity contribution is 5.56. The zero-order valence-electron chi connectivity index (χ0n) is 14.6. The lowest BCUT2D eigenvalue weighted by atomic mass is 9.89. The molecule has 2 aromatic carbocycles. The summed E-state index contributed by atoms with van der Waals surface area (Å²) in [7, 11) is 1.64. The average Bonchev–Trinajstić information content (AvgIpc) is 2.96. The molecule has 0 amide bonds. The largest absolute Gasteiger partial charge is 0.504 e. The molecule has 4 rings (SSSR count). The third-order valence-corrected chi connectivity index (χ3v) is 4.63. The van der Waals surface area contributed by atoms with Crippen molar-refractivity contribution in [2.24, 2.45) is 5.92 Å². The van der Waals surface area contributed by atoms with Gasteiger partial charge in [0.1, 0.15) is 23.4 Å². The zero-order chi connectivity index (χ0) is 17.6. The predicted molar refractivity (Wildman–Crippen MR) is 93.0 cm³/mol. The van der Waals surface area contributed by atoms with E-state index >= 15 is 0 Å². The van der Waals surface area contributed by atoms with Crippen LogP contribution in [-0.2, 0) is 0 Å². The summed E-state index contributed by atoms with van der Waals surface area (Å²) in [6.45, 7) is 5.18. The van der Waals surface area contributed by atoms with Crippen LogP contribution in [0.5, 0.6) is 28.7 Å². The second-order valence-electron chi connectivity index (χ2n) is 6.92. The van der Waals surface area contributed by atoms with E-state index in [4.69, 9.17) is 18.9 Å². The average molecular weight is 342 g/mol. The second-order valence-corrected chi connectivity index (χ2v) is 6.92. The Hall–Kier alpha value is -2.56. The lowest BCUT2D eigenvalue weighted by molar-refractivity contribution is 0.139. The van der Waals surface area contributed by atoms with Crippen molar-refractivity contribution < 1.29 is 24.1 Å². The van der Waals surface area contributed by atoms with E-state index in [1.54, 1.807) is 19.2 Å². The molecule has 2 aliphatic heterocycles. The first kappa shape index (κ1) is 15.9. The van der Waals surface area contributed by atoms with E-state index in [-0.39, 0.29) is 17.8 Å².